The molecule has 6 nitrogen and oxygen atoms in total. The SMILES string of the molecule is O=C(Nc1ccccc1-n1cnnn1)c1sccc1Br. The highest BCUT2D eigenvalue weighted by atomic mass is 79.9. The van der Waals surface area contributed by atoms with Crippen LogP contribution >= 0.6 is 27.3 Å². The van der Waals surface area contributed by atoms with Gasteiger partial charge >= 0.3 is 0 Å². The predicted molar refractivity (Wildman–Crippen MR) is 79.1 cm³/mol. The lowest BCUT2D eigenvalue weighted by Crippen LogP contribution is -2.13. The summed E-state index contributed by atoms with van der Waals surface area (Å²) in [6.07, 6.45) is 1.48. The van der Waals surface area contributed by atoms with Gasteiger partial charge in [0.25, 0.3) is 5.91 Å². The number of benzene rings is 1. The Morgan fingerprint density at radius 3 is 2.85 bits per heavy atom. The van der Waals surface area contributed by atoms with Crippen LogP contribution in [0.15, 0.2) is 46.5 Å². The molecule has 0 radical (unpaired) electrons. The van der Waals surface area contributed by atoms with E-state index >= 15 is 0 Å². The number of hydrogen-bond donors (Lipinski definition) is 1. The Hall–Kier alpha value is -2.06. The Labute approximate surface area is 126 Å². The van der Waals surface area contributed by atoms with Crippen LogP contribution in [0.25, 0.3) is 5.69 Å². The Bertz CT molecular complexity index is 740. The molecule has 3 aromatic rings. The van der Waals surface area contributed by atoms with E-state index in [4.69, 9.17) is 0 Å². The minimum atomic E-state index is -0.174. The molecule has 0 unspecified atom stereocenters. The van der Waals surface area contributed by atoms with Crippen LogP contribution < -0.4 is 5.32 Å². The number of carbonyl (C=O) groups is 1. The smallest absolute Gasteiger partial charge is 0.266 e. The molecular weight excluding hydrogens is 342 g/mol. The van der Waals surface area contributed by atoms with Crippen LogP contribution in [0.2, 0.25) is 0 Å². The topological polar surface area (TPSA) is 72.7 Å². The summed E-state index contributed by atoms with van der Waals surface area (Å²) in [4.78, 5) is 12.8. The first-order valence-electron chi connectivity index (χ1n) is 5.62. The van der Waals surface area contributed by atoms with E-state index in [1.54, 1.807) is 6.07 Å². The molecule has 0 spiro atoms. The summed E-state index contributed by atoms with van der Waals surface area (Å²) < 4.78 is 2.28. The van der Waals surface area contributed by atoms with Gasteiger partial charge in [-0.3, -0.25) is 4.79 Å². The summed E-state index contributed by atoms with van der Waals surface area (Å²) in [5, 5.41) is 15.7. The summed E-state index contributed by atoms with van der Waals surface area (Å²) >= 11 is 4.72. The second-order valence-electron chi connectivity index (χ2n) is 3.82. The average molecular weight is 350 g/mol. The number of amides is 1. The van der Waals surface area contributed by atoms with Gasteiger partial charge in [-0.2, -0.15) is 4.68 Å². The van der Waals surface area contributed by atoms with Crippen LogP contribution in [0.1, 0.15) is 9.67 Å². The van der Waals surface area contributed by atoms with E-state index in [-0.39, 0.29) is 5.91 Å². The van der Waals surface area contributed by atoms with Crippen LogP contribution in [0.4, 0.5) is 5.69 Å². The number of tetrazole rings is 1. The van der Waals surface area contributed by atoms with Gasteiger partial charge in [-0.25, -0.2) is 0 Å². The highest BCUT2D eigenvalue weighted by Gasteiger charge is 2.14. The minimum absolute atomic E-state index is 0.174. The van der Waals surface area contributed by atoms with E-state index < -0.39 is 0 Å². The average Bonchev–Trinajstić information content (AvgIpc) is 3.10. The van der Waals surface area contributed by atoms with Crippen LogP contribution in [0.5, 0.6) is 0 Å². The third-order valence-electron chi connectivity index (χ3n) is 2.57. The van der Waals surface area contributed by atoms with Crippen molar-refractivity contribution >= 4 is 38.9 Å². The largest absolute Gasteiger partial charge is 0.319 e. The van der Waals surface area contributed by atoms with Gasteiger partial charge in [0, 0.05) is 4.47 Å². The Morgan fingerprint density at radius 2 is 2.15 bits per heavy atom. The third-order valence-corrected chi connectivity index (χ3v) is 4.41. The molecule has 20 heavy (non-hydrogen) atoms. The number of rotatable bonds is 3. The van der Waals surface area contributed by atoms with Crippen molar-refractivity contribution in [3.05, 3.63) is 51.4 Å². The molecule has 0 aliphatic carbocycles. The van der Waals surface area contributed by atoms with Crippen molar-refractivity contribution < 1.29 is 4.79 Å². The van der Waals surface area contributed by atoms with Gasteiger partial charge in [0.2, 0.25) is 0 Å². The van der Waals surface area contributed by atoms with E-state index in [0.29, 0.717) is 16.3 Å². The van der Waals surface area contributed by atoms with Crippen molar-refractivity contribution in [2.45, 2.75) is 0 Å². The standard InChI is InChI=1S/C12H8BrN5OS/c13-8-5-6-20-11(8)12(19)15-9-3-1-2-4-10(9)18-7-14-16-17-18/h1-7H,(H,15,19). The fraction of sp³-hybridized carbons (Fsp3) is 0. The molecule has 0 fully saturated rings. The second kappa shape index (κ2) is 5.51. The van der Waals surface area contributed by atoms with E-state index in [2.05, 4.69) is 36.8 Å². The molecule has 1 aromatic carbocycles. The van der Waals surface area contributed by atoms with Crippen LogP contribution in [-0.4, -0.2) is 26.1 Å². The minimum Gasteiger partial charge on any atom is -0.319 e. The first-order valence-corrected chi connectivity index (χ1v) is 7.29. The summed E-state index contributed by atoms with van der Waals surface area (Å²) in [5.74, 6) is -0.174. The van der Waals surface area contributed by atoms with Crippen LogP contribution in [0, 0.1) is 0 Å². The fourth-order valence-electron chi connectivity index (χ4n) is 1.69. The zero-order valence-corrected chi connectivity index (χ0v) is 12.4. The van der Waals surface area contributed by atoms with Crippen molar-refractivity contribution in [3.63, 3.8) is 0 Å². The van der Waals surface area contributed by atoms with E-state index in [1.807, 2.05) is 29.6 Å². The summed E-state index contributed by atoms with van der Waals surface area (Å²) in [7, 11) is 0. The number of nitrogens with zero attached hydrogens (tertiary/aromatic N) is 4. The number of anilines is 1. The van der Waals surface area contributed by atoms with Crippen molar-refractivity contribution in [2.75, 3.05) is 5.32 Å². The molecule has 100 valence electrons. The number of para-hydroxylation sites is 2. The quantitative estimate of drug-likeness (QED) is 0.788. The Kier molecular flexibility index (Phi) is 3.57. The van der Waals surface area contributed by atoms with Gasteiger partial charge in [-0.05, 0) is 49.9 Å². The highest BCUT2D eigenvalue weighted by molar-refractivity contribution is 9.10. The maximum Gasteiger partial charge on any atom is 0.266 e. The van der Waals surface area contributed by atoms with Crippen LogP contribution in [-0.2, 0) is 0 Å². The molecule has 3 rings (SSSR count). The molecule has 1 amide bonds. The van der Waals surface area contributed by atoms with Crippen molar-refractivity contribution in [1.82, 2.24) is 20.2 Å². The maximum absolute atomic E-state index is 12.2. The predicted octanol–water partition coefficient (Wildman–Crippen LogP) is 2.74. The summed E-state index contributed by atoms with van der Waals surface area (Å²) in [5.41, 5.74) is 1.35. The van der Waals surface area contributed by atoms with Gasteiger partial charge in [0.15, 0.2) is 0 Å². The lowest BCUT2D eigenvalue weighted by molar-refractivity contribution is 0.103. The van der Waals surface area contributed by atoms with Gasteiger partial charge in [-0.1, -0.05) is 12.1 Å². The first-order chi connectivity index (χ1) is 9.75. The van der Waals surface area contributed by atoms with Crippen LogP contribution in [0.3, 0.4) is 0 Å². The Morgan fingerprint density at radius 1 is 1.30 bits per heavy atom. The highest BCUT2D eigenvalue weighted by Crippen LogP contribution is 2.25. The molecule has 8 heteroatoms. The third kappa shape index (κ3) is 2.47. The van der Waals surface area contributed by atoms with Crippen molar-refractivity contribution in [1.29, 1.82) is 0 Å². The zero-order chi connectivity index (χ0) is 13.9. The fourth-order valence-corrected chi connectivity index (χ4v) is 3.13. The number of nitrogens with one attached hydrogen (secondary N) is 1. The number of carbonyl (C=O) groups excluding carboxylic acids is 1. The lowest BCUT2D eigenvalue weighted by atomic mass is 10.2. The van der Waals surface area contributed by atoms with Gasteiger partial charge < -0.3 is 5.32 Å². The molecule has 0 saturated carbocycles. The zero-order valence-electron chi connectivity index (χ0n) is 10.0. The molecule has 0 aliphatic heterocycles. The van der Waals surface area contributed by atoms with Crippen molar-refractivity contribution in [3.8, 4) is 5.69 Å². The molecule has 2 aromatic heterocycles. The molecule has 0 saturated heterocycles. The summed E-state index contributed by atoms with van der Waals surface area (Å²) in [6, 6.07) is 9.17. The van der Waals surface area contributed by atoms with Gasteiger partial charge in [-0.15, -0.1) is 16.4 Å². The Balaban J connectivity index is 1.92. The number of aromatic nitrogens is 4. The summed E-state index contributed by atoms with van der Waals surface area (Å²) in [6.45, 7) is 0. The van der Waals surface area contributed by atoms with Gasteiger partial charge in [0.05, 0.1) is 11.4 Å². The number of thiophene rings is 1. The molecule has 2 heterocycles. The van der Waals surface area contributed by atoms with E-state index in [9.17, 15) is 4.79 Å². The second-order valence-corrected chi connectivity index (χ2v) is 5.59. The molecular formula is C12H8BrN5OS. The normalized spacial score (nSPS) is 10.4. The molecule has 1 N–H and O–H groups in total. The first kappa shape index (κ1) is 12.9. The molecule has 0 bridgehead atoms. The van der Waals surface area contributed by atoms with E-state index in [0.717, 1.165) is 4.47 Å². The van der Waals surface area contributed by atoms with E-state index in [1.165, 1.54) is 22.3 Å². The number of halogens is 1. The monoisotopic (exact) mass is 349 g/mol. The molecule has 0 aliphatic rings. The van der Waals surface area contributed by atoms with Gasteiger partial charge in [0.1, 0.15) is 11.2 Å². The lowest BCUT2D eigenvalue weighted by Gasteiger charge is -2.09. The molecule has 0 atom stereocenters. The number of hydrogen-bond acceptors (Lipinski definition) is 5. The maximum atomic E-state index is 12.2. The van der Waals surface area contributed by atoms with Crippen molar-refractivity contribution in [2.24, 2.45) is 0 Å².